The second-order valence-electron chi connectivity index (χ2n) is 3.11. The minimum absolute atomic E-state index is 0.167. The van der Waals surface area contributed by atoms with Crippen molar-refractivity contribution in [3.8, 4) is 11.5 Å². The van der Waals surface area contributed by atoms with E-state index in [2.05, 4.69) is 9.97 Å². The van der Waals surface area contributed by atoms with Gasteiger partial charge < -0.3 is 9.67 Å². The summed E-state index contributed by atoms with van der Waals surface area (Å²) in [6.07, 6.45) is 1.69. The van der Waals surface area contributed by atoms with Gasteiger partial charge in [-0.25, -0.2) is 4.98 Å². The van der Waals surface area contributed by atoms with Crippen LogP contribution in [0.1, 0.15) is 5.69 Å². The largest absolute Gasteiger partial charge is 0.390 e. The molecule has 0 aromatic carbocycles. The summed E-state index contributed by atoms with van der Waals surface area (Å²) >= 11 is 5.98. The van der Waals surface area contributed by atoms with E-state index in [1.165, 1.54) is 0 Å². The van der Waals surface area contributed by atoms with E-state index in [0.717, 1.165) is 5.69 Å². The number of aliphatic hydroxyl groups excluding tert-OH is 1. The van der Waals surface area contributed by atoms with Gasteiger partial charge in [-0.05, 0) is 12.1 Å². The predicted molar refractivity (Wildman–Crippen MR) is 57.4 cm³/mol. The highest BCUT2D eigenvalue weighted by Gasteiger charge is 2.13. The fourth-order valence-corrected chi connectivity index (χ4v) is 1.54. The van der Waals surface area contributed by atoms with E-state index in [-0.39, 0.29) is 6.61 Å². The third-order valence-electron chi connectivity index (χ3n) is 2.13. The van der Waals surface area contributed by atoms with E-state index < -0.39 is 0 Å². The van der Waals surface area contributed by atoms with E-state index in [9.17, 15) is 0 Å². The molecule has 0 unspecified atom stereocenters. The lowest BCUT2D eigenvalue weighted by molar-refractivity contribution is 0.277. The molecule has 0 fully saturated rings. The van der Waals surface area contributed by atoms with Crippen molar-refractivity contribution in [3.05, 3.63) is 35.2 Å². The van der Waals surface area contributed by atoms with Gasteiger partial charge in [-0.15, -0.1) is 0 Å². The topological polar surface area (TPSA) is 50.9 Å². The number of hydrogen-bond donors (Lipinski definition) is 1. The third-order valence-corrected chi connectivity index (χ3v) is 2.61. The van der Waals surface area contributed by atoms with Crippen molar-refractivity contribution in [3.63, 3.8) is 0 Å². The fraction of sp³-hybridized carbons (Fsp3) is 0.200. The maximum atomic E-state index is 9.02. The van der Waals surface area contributed by atoms with Gasteiger partial charge in [0.15, 0.2) is 5.82 Å². The molecule has 0 spiro atoms. The summed E-state index contributed by atoms with van der Waals surface area (Å²) in [6, 6.07) is 5.56. The van der Waals surface area contributed by atoms with Gasteiger partial charge in [0.1, 0.15) is 16.5 Å². The minimum atomic E-state index is -0.167. The van der Waals surface area contributed by atoms with Crippen LogP contribution in [0.2, 0.25) is 5.15 Å². The van der Waals surface area contributed by atoms with Gasteiger partial charge in [-0.1, -0.05) is 17.7 Å². The Hall–Kier alpha value is -1.39. The van der Waals surface area contributed by atoms with Crippen LogP contribution < -0.4 is 0 Å². The normalized spacial score (nSPS) is 10.6. The Morgan fingerprint density at radius 3 is 2.80 bits per heavy atom. The highest BCUT2D eigenvalue weighted by atomic mass is 35.5. The number of halogens is 1. The molecule has 0 aliphatic heterocycles. The molecular weight excluding hydrogens is 214 g/mol. The van der Waals surface area contributed by atoms with Gasteiger partial charge in [0.05, 0.1) is 6.61 Å². The summed E-state index contributed by atoms with van der Waals surface area (Å²) in [5, 5.41) is 9.47. The maximum Gasteiger partial charge on any atom is 0.159 e. The van der Waals surface area contributed by atoms with Crippen molar-refractivity contribution in [2.45, 2.75) is 6.61 Å². The van der Waals surface area contributed by atoms with E-state index in [1.807, 2.05) is 18.2 Å². The number of aromatic nitrogens is 3. The van der Waals surface area contributed by atoms with Crippen molar-refractivity contribution in [2.75, 3.05) is 0 Å². The molecule has 2 rings (SSSR count). The summed E-state index contributed by atoms with van der Waals surface area (Å²) in [6.45, 7) is -0.167. The van der Waals surface area contributed by atoms with Crippen LogP contribution in [0.15, 0.2) is 24.4 Å². The smallest absolute Gasteiger partial charge is 0.159 e. The Morgan fingerprint density at radius 1 is 1.47 bits per heavy atom. The zero-order valence-electron chi connectivity index (χ0n) is 8.18. The number of rotatable bonds is 2. The first-order valence-corrected chi connectivity index (χ1v) is 4.85. The van der Waals surface area contributed by atoms with Gasteiger partial charge in [0.25, 0.3) is 0 Å². The summed E-state index contributed by atoms with van der Waals surface area (Å²) in [5.74, 6) is 0.657. The molecule has 15 heavy (non-hydrogen) atoms. The number of hydrogen-bond acceptors (Lipinski definition) is 3. The molecule has 2 aromatic rings. The van der Waals surface area contributed by atoms with Crippen molar-refractivity contribution in [1.29, 1.82) is 0 Å². The molecule has 0 atom stereocenters. The van der Waals surface area contributed by atoms with E-state index in [0.29, 0.717) is 16.7 Å². The maximum absolute atomic E-state index is 9.02. The van der Waals surface area contributed by atoms with Crippen LogP contribution in [0.5, 0.6) is 0 Å². The van der Waals surface area contributed by atoms with Crippen LogP contribution in [-0.4, -0.2) is 19.6 Å². The lowest BCUT2D eigenvalue weighted by Crippen LogP contribution is -1.93. The zero-order chi connectivity index (χ0) is 10.8. The van der Waals surface area contributed by atoms with Gasteiger partial charge in [-0.2, -0.15) is 0 Å². The van der Waals surface area contributed by atoms with Crippen LogP contribution in [-0.2, 0) is 13.7 Å². The molecule has 0 saturated carbocycles. The summed E-state index contributed by atoms with van der Waals surface area (Å²) in [7, 11) is 1.79. The molecule has 0 aliphatic carbocycles. The Bertz CT molecular complexity index is 467. The van der Waals surface area contributed by atoms with Gasteiger partial charge in [0.2, 0.25) is 0 Å². The average Bonchev–Trinajstić information content (AvgIpc) is 2.57. The van der Waals surface area contributed by atoms with Crippen molar-refractivity contribution in [1.82, 2.24) is 14.5 Å². The van der Waals surface area contributed by atoms with Crippen molar-refractivity contribution >= 4 is 11.6 Å². The molecule has 5 heteroatoms. The van der Waals surface area contributed by atoms with Crippen LogP contribution >= 0.6 is 11.6 Å². The molecule has 2 aromatic heterocycles. The van der Waals surface area contributed by atoms with E-state index >= 15 is 0 Å². The zero-order valence-corrected chi connectivity index (χ0v) is 8.94. The molecule has 0 saturated heterocycles. The molecule has 78 valence electrons. The number of imidazole rings is 1. The van der Waals surface area contributed by atoms with Gasteiger partial charge >= 0.3 is 0 Å². The summed E-state index contributed by atoms with van der Waals surface area (Å²) in [4.78, 5) is 8.39. The van der Waals surface area contributed by atoms with Gasteiger partial charge in [-0.3, -0.25) is 4.98 Å². The first kappa shape index (κ1) is 10.1. The van der Waals surface area contributed by atoms with E-state index in [4.69, 9.17) is 16.7 Å². The number of nitrogens with zero attached hydrogens (tertiary/aromatic N) is 3. The second kappa shape index (κ2) is 4.00. The lowest BCUT2D eigenvalue weighted by Gasteiger charge is -2.00. The van der Waals surface area contributed by atoms with E-state index in [1.54, 1.807) is 17.8 Å². The molecule has 2 heterocycles. The Balaban J connectivity index is 2.55. The minimum Gasteiger partial charge on any atom is -0.390 e. The first-order chi connectivity index (χ1) is 7.24. The Kier molecular flexibility index (Phi) is 2.70. The van der Waals surface area contributed by atoms with Crippen molar-refractivity contribution < 1.29 is 5.11 Å². The quantitative estimate of drug-likeness (QED) is 0.842. The molecule has 0 amide bonds. The fourth-order valence-electron chi connectivity index (χ4n) is 1.36. The highest BCUT2D eigenvalue weighted by Crippen LogP contribution is 2.22. The van der Waals surface area contributed by atoms with Crippen LogP contribution in [0.25, 0.3) is 11.5 Å². The second-order valence-corrected chi connectivity index (χ2v) is 3.46. The van der Waals surface area contributed by atoms with Crippen LogP contribution in [0.3, 0.4) is 0 Å². The standard InChI is InChI=1S/C10H10ClN3O/c1-14-9(11)8(6-15)13-10(14)7-4-2-3-5-12-7/h2-5,15H,6H2,1H3. The van der Waals surface area contributed by atoms with Crippen LogP contribution in [0, 0.1) is 0 Å². The van der Waals surface area contributed by atoms with Gasteiger partial charge in [0, 0.05) is 13.2 Å². The lowest BCUT2D eigenvalue weighted by atomic mass is 10.3. The van der Waals surface area contributed by atoms with Crippen molar-refractivity contribution in [2.24, 2.45) is 7.05 Å². The monoisotopic (exact) mass is 223 g/mol. The molecule has 4 nitrogen and oxygen atoms in total. The molecule has 0 aliphatic rings. The Morgan fingerprint density at radius 2 is 2.27 bits per heavy atom. The SMILES string of the molecule is Cn1c(-c2ccccn2)nc(CO)c1Cl. The summed E-state index contributed by atoms with van der Waals surface area (Å²) < 4.78 is 1.70. The Labute approximate surface area is 92.2 Å². The first-order valence-electron chi connectivity index (χ1n) is 4.47. The highest BCUT2D eigenvalue weighted by molar-refractivity contribution is 6.30. The summed E-state index contributed by atoms with van der Waals surface area (Å²) in [5.41, 5.74) is 1.21. The van der Waals surface area contributed by atoms with Crippen LogP contribution in [0.4, 0.5) is 0 Å². The number of pyridine rings is 1. The average molecular weight is 224 g/mol. The predicted octanol–water partition coefficient (Wildman–Crippen LogP) is 1.63. The molecular formula is C10H10ClN3O. The molecule has 0 radical (unpaired) electrons. The molecule has 0 bridgehead atoms. The molecule has 1 N–H and O–H groups in total. The number of aliphatic hydroxyl groups is 1. The third kappa shape index (κ3) is 1.73.